The minimum absolute atomic E-state index is 0.203. The number of nitrogens with one attached hydrogen (secondary N) is 4. The average Bonchev–Trinajstić information content (AvgIpc) is 1.19. The monoisotopic (exact) mass is 913 g/mol. The molecular weight excluding hydrogens is 833 g/mol. The molecule has 4 aromatic rings. The van der Waals surface area contributed by atoms with E-state index < -0.39 is 217 Å². The van der Waals surface area contributed by atoms with Gasteiger partial charge in [0.15, 0.2) is 0 Å². The number of hydroxylamine groups is 12. The third kappa shape index (κ3) is 11.2. The van der Waals surface area contributed by atoms with E-state index in [9.17, 15) is 60.4 Å². The van der Waals surface area contributed by atoms with Gasteiger partial charge in [0.05, 0.1) is 186 Å². The lowest BCUT2D eigenvalue weighted by atomic mass is 9.81. The van der Waals surface area contributed by atoms with Gasteiger partial charge in [-0.15, -0.1) is 0 Å². The van der Waals surface area contributed by atoms with Crippen molar-refractivity contribution in [2.45, 2.75) is 0 Å². The Morgan fingerprint density at radius 2 is 0.562 bits per heavy atom. The summed E-state index contributed by atoms with van der Waals surface area (Å²) in [6.07, 6.45) is 0. The number of carbonyl (C=O) groups is 4. The van der Waals surface area contributed by atoms with Crippen LogP contribution in [0.4, 0.5) is 22.7 Å². The summed E-state index contributed by atoms with van der Waals surface area (Å²) in [6.45, 7) is -34.6. The largest absolute Gasteiger partial charge is 0.633 e. The molecule has 0 spiro atoms. The number of fused-ring (bicyclic) bond motifs is 4. The van der Waals surface area contributed by atoms with E-state index in [0.717, 1.165) is 48.5 Å². The van der Waals surface area contributed by atoms with Gasteiger partial charge in [-0.25, -0.2) is 0 Å². The maximum absolute atomic E-state index is 13.6. The maximum atomic E-state index is 13.6. The first-order valence-electron chi connectivity index (χ1n) is 30.6. The molecule has 0 saturated heterocycles. The number of rotatable bonds is 16. The normalized spacial score (nSPS) is 20.7. The number of phenolic OH excluding ortho intramolecular Hbond substituents is 4. The van der Waals surface area contributed by atoms with Gasteiger partial charge < -0.3 is 81.1 Å². The lowest BCUT2D eigenvalue weighted by molar-refractivity contribution is -0.838. The molecule has 20 heteroatoms. The fourth-order valence-electron chi connectivity index (χ4n) is 6.71. The van der Waals surface area contributed by atoms with Crippen molar-refractivity contribution in [3.05, 3.63) is 114 Å². The molecule has 0 saturated carbocycles. The highest BCUT2D eigenvalue weighted by Gasteiger charge is 2.39. The van der Waals surface area contributed by atoms with Crippen molar-refractivity contribution >= 4 is 45.9 Å². The van der Waals surface area contributed by atoms with E-state index in [4.69, 9.17) is 32.9 Å². The van der Waals surface area contributed by atoms with Crippen molar-refractivity contribution < 1.29 is 91.1 Å². The van der Waals surface area contributed by atoms with Crippen molar-refractivity contribution in [3.8, 4) is 23.0 Å². The number of phenols is 4. The molecule has 344 valence electrons. The minimum atomic E-state index is -3.51. The first kappa shape index (κ1) is 25.2. The zero-order valence-electron chi connectivity index (χ0n) is 57.1. The zero-order chi connectivity index (χ0) is 67.7. The Hall–Kier alpha value is -6.36. The number of anilines is 4. The molecule has 8 N–H and O–H groups in total. The van der Waals surface area contributed by atoms with Gasteiger partial charge in [0.2, 0.25) is 23.1 Å². The van der Waals surface area contributed by atoms with Crippen LogP contribution >= 0.6 is 0 Å². The smallest absolute Gasteiger partial charge is 0.200 e. The third-order valence-corrected chi connectivity index (χ3v) is 9.52. The molecule has 0 radical (unpaired) electrons. The Balaban J connectivity index is 0.000000321. The molecule has 0 bridgehead atoms. The zero-order valence-corrected chi connectivity index (χ0v) is 33.1. The Labute approximate surface area is 404 Å². The van der Waals surface area contributed by atoms with Crippen LogP contribution in [-0.2, 0) is 0 Å². The summed E-state index contributed by atoms with van der Waals surface area (Å²) in [4.78, 5) is 54.5. The van der Waals surface area contributed by atoms with Crippen molar-refractivity contribution in [1.29, 1.82) is 0 Å². The van der Waals surface area contributed by atoms with E-state index in [1.165, 1.54) is 0 Å². The molecule has 64 heavy (non-hydrogen) atoms. The molecule has 6 rings (SSSR count). The van der Waals surface area contributed by atoms with Gasteiger partial charge in [-0.1, -0.05) is 0 Å². The highest BCUT2D eigenvalue weighted by atomic mass is 16.5. The fourth-order valence-corrected chi connectivity index (χ4v) is 6.71. The standard InChI is InChI=1S/2C22H28N4O6/c1-25(2,31)11-9-23-13-5-7-15(27)19-17(13)21(29)20-16(28)8-6-14(18(20)22(19)30)24-10-12-26(3,4)32;1-25(2,31)11-9-23-13-5-6-14(24-10-12-26(3,4)32)18-17(13)21(29)19-15(27)7-8-16(28)20(19)22(18)30/h2*5-8,23-24,27-28H,9-12H2,1-4H3/i2*1D3,2D3,3D3,4D3. The Morgan fingerprint density at radius 1 is 0.375 bits per heavy atom. The Bertz CT molecular complexity index is 3100. The first-order chi connectivity index (χ1) is 39.6. The number of benzene rings is 4. The van der Waals surface area contributed by atoms with E-state index in [1.54, 1.807) is 0 Å². The van der Waals surface area contributed by atoms with Crippen LogP contribution in [-0.4, -0.2) is 170 Å². The number of carbonyl (C=O) groups excluding carboxylic acids is 4. The minimum Gasteiger partial charge on any atom is -0.633 e. The summed E-state index contributed by atoms with van der Waals surface area (Å²) < 4.78 is 168. The second-order valence-electron chi connectivity index (χ2n) is 14.4. The molecule has 0 unspecified atom stereocenters. The summed E-state index contributed by atoms with van der Waals surface area (Å²) in [5, 5.41) is 103. The highest BCUT2D eigenvalue weighted by Crippen LogP contribution is 2.44. The van der Waals surface area contributed by atoms with E-state index in [1.807, 2.05) is 0 Å². The molecule has 0 aliphatic heterocycles. The number of aromatic hydroxyl groups is 4. The number of quaternary nitrogens is 4. The Kier molecular flexibility index (Phi) is 7.25. The summed E-state index contributed by atoms with van der Waals surface area (Å²) in [5.74, 6) is -6.86. The number of hydrogen-bond donors (Lipinski definition) is 8. The van der Waals surface area contributed by atoms with Crippen LogP contribution in [0.3, 0.4) is 0 Å². The summed E-state index contributed by atoms with van der Waals surface area (Å²) >= 11 is 0. The van der Waals surface area contributed by atoms with E-state index in [2.05, 4.69) is 21.3 Å². The highest BCUT2D eigenvalue weighted by molar-refractivity contribution is 6.34. The SMILES string of the molecule is [2H]C([2H])([2H])[N+]([O-])(CCNc1ccc(NCC[N+]([O-])(C([2H])([2H])[2H])C([2H])([2H])[2H])c2c1C(=O)c1c(O)ccc(O)c1C2=O)C([2H])([2H])[2H].[2H]C([2H])([2H])[N+]([O-])(CCNc1ccc(O)c2c1C(=O)c1c(O)ccc(NCC[N+]([O-])(C([2H])([2H])[2H])C([2H])([2H])[2H])c1C2=O)C([2H])([2H])[2H]. The van der Waals surface area contributed by atoms with Crippen molar-refractivity contribution in [2.75, 3.05) is 129 Å². The quantitative estimate of drug-likeness (QED) is 0.0390. The van der Waals surface area contributed by atoms with Crippen LogP contribution < -0.4 is 21.3 Å². The van der Waals surface area contributed by atoms with E-state index in [-0.39, 0.29) is 22.7 Å². The van der Waals surface area contributed by atoms with Crippen LogP contribution in [0.1, 0.15) is 96.6 Å². The van der Waals surface area contributed by atoms with Gasteiger partial charge in [-0.05, 0) is 48.5 Å². The van der Waals surface area contributed by atoms with Crippen molar-refractivity contribution in [1.82, 2.24) is 0 Å². The van der Waals surface area contributed by atoms with Gasteiger partial charge >= 0.3 is 0 Å². The lowest BCUT2D eigenvalue weighted by Gasteiger charge is -2.34. The average molecular weight is 913 g/mol. The molecule has 0 aromatic heterocycles. The summed E-state index contributed by atoms with van der Waals surface area (Å²) in [7, 11) is 0. The predicted octanol–water partition coefficient (Wildman–Crippen LogP) is 3.69. The Morgan fingerprint density at radius 3 is 0.797 bits per heavy atom. The van der Waals surface area contributed by atoms with Gasteiger partial charge in [0, 0.05) is 22.7 Å². The van der Waals surface area contributed by atoms with Crippen molar-refractivity contribution in [2.24, 2.45) is 0 Å². The van der Waals surface area contributed by atoms with E-state index in [0.29, 0.717) is 0 Å². The van der Waals surface area contributed by atoms with Gasteiger partial charge in [0.1, 0.15) is 23.0 Å². The molecular formula is C44H56N8O12. The molecule has 0 atom stereocenters. The molecule has 0 fully saturated rings. The van der Waals surface area contributed by atoms with Crippen LogP contribution in [0.5, 0.6) is 23.0 Å². The van der Waals surface area contributed by atoms with Crippen LogP contribution in [0.2, 0.25) is 0 Å². The molecule has 0 amide bonds. The van der Waals surface area contributed by atoms with Crippen LogP contribution in [0.15, 0.2) is 48.5 Å². The van der Waals surface area contributed by atoms with Crippen LogP contribution in [0.25, 0.3) is 0 Å². The second-order valence-corrected chi connectivity index (χ2v) is 14.4. The van der Waals surface area contributed by atoms with Gasteiger partial charge in [-0.3, -0.25) is 19.2 Å². The summed E-state index contributed by atoms with van der Waals surface area (Å²) in [6, 6.07) is 8.44. The maximum Gasteiger partial charge on any atom is 0.200 e. The number of ketones is 4. The fraction of sp³-hybridized carbons (Fsp3) is 0.364. The molecule has 2 aliphatic rings. The predicted molar refractivity (Wildman–Crippen MR) is 241 cm³/mol. The summed E-state index contributed by atoms with van der Waals surface area (Å²) in [5.41, 5.74) is -5.06. The second kappa shape index (κ2) is 18.4. The molecule has 20 nitrogen and oxygen atoms in total. The topological polar surface area (TPSA) is 290 Å². The number of likely N-dealkylation sites (N-methyl/N-ethyl adjacent to an activating group) is 4. The van der Waals surface area contributed by atoms with Gasteiger partial charge in [-0.2, -0.15) is 0 Å². The van der Waals surface area contributed by atoms with Gasteiger partial charge in [0.25, 0.3) is 0 Å². The number of nitrogens with zero attached hydrogens (tertiary/aromatic N) is 4. The first-order valence-corrected chi connectivity index (χ1v) is 18.6. The van der Waals surface area contributed by atoms with Crippen LogP contribution in [0, 0.1) is 20.8 Å². The lowest BCUT2D eigenvalue weighted by Crippen LogP contribution is -2.37. The molecule has 0 heterocycles. The third-order valence-electron chi connectivity index (χ3n) is 9.52. The van der Waals surface area contributed by atoms with Crippen molar-refractivity contribution in [3.63, 3.8) is 0 Å². The number of hydrogen-bond acceptors (Lipinski definition) is 16. The van der Waals surface area contributed by atoms with E-state index >= 15 is 0 Å². The molecule has 2 aliphatic carbocycles. The molecule has 4 aromatic carbocycles.